The lowest BCUT2D eigenvalue weighted by atomic mass is 9.62. The van der Waals surface area contributed by atoms with E-state index in [-0.39, 0.29) is 44.1 Å². The minimum Gasteiger partial charge on any atom is -0.496 e. The van der Waals surface area contributed by atoms with Crippen molar-refractivity contribution in [1.82, 2.24) is 0 Å². The molecular formula is C75H90F6O7S. The number of methoxy groups -OCH3 is 4. The first-order valence-corrected chi connectivity index (χ1v) is 32.4. The molecule has 0 aliphatic heterocycles. The van der Waals surface area contributed by atoms with Gasteiger partial charge in [-0.15, -0.1) is 0 Å². The number of hydrogen-bond donors (Lipinski definition) is 1. The smallest absolute Gasteiger partial charge is 0.416 e. The van der Waals surface area contributed by atoms with Gasteiger partial charge in [-0.1, -0.05) is 154 Å². The number of fused-ring (bicyclic) bond motifs is 8. The summed E-state index contributed by atoms with van der Waals surface area (Å²) in [6.45, 7) is 37.0. The van der Waals surface area contributed by atoms with Crippen LogP contribution in [0.2, 0.25) is 0 Å². The van der Waals surface area contributed by atoms with Gasteiger partial charge in [0.1, 0.15) is 23.0 Å². The lowest BCUT2D eigenvalue weighted by Crippen LogP contribution is -2.30. The normalized spacial score (nSPS) is 21.7. The van der Waals surface area contributed by atoms with E-state index in [1.54, 1.807) is 33.5 Å². The third kappa shape index (κ3) is 10.7. The van der Waals surface area contributed by atoms with Crippen LogP contribution in [0, 0.1) is 10.8 Å². The average Bonchev–Trinajstić information content (AvgIpc) is 1.54. The van der Waals surface area contributed by atoms with Crippen LogP contribution in [0.1, 0.15) is 250 Å². The van der Waals surface area contributed by atoms with Crippen molar-refractivity contribution in [3.05, 3.63) is 180 Å². The second-order valence-electron chi connectivity index (χ2n) is 31.8. The Morgan fingerprint density at radius 1 is 0.438 bits per heavy atom. The van der Waals surface area contributed by atoms with Crippen LogP contribution in [0.3, 0.4) is 0 Å². The van der Waals surface area contributed by atoms with E-state index in [9.17, 15) is 39.3 Å². The van der Waals surface area contributed by atoms with Crippen LogP contribution in [0.4, 0.5) is 26.3 Å². The van der Waals surface area contributed by atoms with E-state index in [1.165, 1.54) is 47.1 Å². The third-order valence-electron chi connectivity index (χ3n) is 21.5. The molecule has 5 atom stereocenters. The highest BCUT2D eigenvalue weighted by Crippen LogP contribution is 2.68. The highest BCUT2D eigenvalue weighted by molar-refractivity contribution is 7.85. The molecule has 6 aromatic carbocycles. The van der Waals surface area contributed by atoms with Crippen molar-refractivity contribution in [2.24, 2.45) is 10.8 Å². The van der Waals surface area contributed by atoms with Gasteiger partial charge in [-0.25, -0.2) is 0 Å². The fourth-order valence-corrected chi connectivity index (χ4v) is 18.1. The molecule has 0 amide bonds. The highest BCUT2D eigenvalue weighted by atomic mass is 32.2. The summed E-state index contributed by atoms with van der Waals surface area (Å²) in [6.07, 6.45) is -6.98. The second-order valence-corrected chi connectivity index (χ2v) is 33.3. The molecule has 89 heavy (non-hydrogen) atoms. The SMILES string of the molecule is COc1cc2c(cc1C(c1cc(C(F)(F)F)cc(C(F)(F)F)c1)C(C)(C)C)C(C)(C)CC21CC(C)(C)c2cc(C(C)C(C)(C)C(c3ccc(S(=O)(=O)O)cc3)c3cc4c(cc3OC)C3(CC4(C)C)CC(C)(C)c4cc(C(C)(C)C)c(OC)cc43)c(OC)cc21. The highest BCUT2D eigenvalue weighted by Gasteiger charge is 2.60. The van der Waals surface area contributed by atoms with Gasteiger partial charge in [0.15, 0.2) is 0 Å². The number of rotatable bonds is 12. The van der Waals surface area contributed by atoms with Crippen molar-refractivity contribution < 1.29 is 58.3 Å². The fourth-order valence-electron chi connectivity index (χ4n) is 17.6. The van der Waals surface area contributed by atoms with Crippen LogP contribution in [-0.2, 0) is 60.4 Å². The molecule has 0 bridgehead atoms. The standard InChI is InChI=1S/C75H90F6O7S/c1-41(71(16,17)64(42-22-24-46(25-23-42)89(82,83)84)49-31-52-56(35-61(49)87-20)73(39-69(52,12)13)40-70(14,15)53-32-58(65(2,3)4)62(88-21)36-57(53)73)47-29-50-54(33-59(47)85-18)72(37-67(50,8)9)38-68(10,11)51-30-48(60(86-19)34-55(51)72)63(66(5,6)7)43-26-44(74(76,77)78)28-45(27-43)75(79,80)81/h22-36,41,63-64H,37-40H2,1-21H3,(H,82,83,84). The van der Waals surface area contributed by atoms with E-state index in [0.717, 1.165) is 69.7 Å². The number of alkyl halides is 6. The molecule has 14 heteroatoms. The van der Waals surface area contributed by atoms with Gasteiger partial charge in [-0.2, -0.15) is 34.8 Å². The zero-order valence-corrected chi connectivity index (χ0v) is 56.6. The molecule has 0 saturated heterocycles. The van der Waals surface area contributed by atoms with Crippen LogP contribution in [0.15, 0.2) is 95.9 Å². The zero-order valence-electron chi connectivity index (χ0n) is 55.8. The van der Waals surface area contributed by atoms with Gasteiger partial charge in [0, 0.05) is 33.8 Å². The van der Waals surface area contributed by atoms with Gasteiger partial charge < -0.3 is 18.9 Å². The van der Waals surface area contributed by atoms with Crippen LogP contribution in [-0.4, -0.2) is 41.4 Å². The molecule has 0 saturated carbocycles. The Bertz CT molecular complexity index is 3910. The maximum atomic E-state index is 14.5. The van der Waals surface area contributed by atoms with Crippen molar-refractivity contribution in [3.8, 4) is 23.0 Å². The van der Waals surface area contributed by atoms with Crippen molar-refractivity contribution in [3.63, 3.8) is 0 Å². The quantitative estimate of drug-likeness (QED) is 0.0964. The van der Waals surface area contributed by atoms with Crippen LogP contribution in [0.25, 0.3) is 0 Å². The predicted octanol–water partition coefficient (Wildman–Crippen LogP) is 19.7. The molecule has 1 N–H and O–H groups in total. The lowest BCUT2D eigenvalue weighted by Gasteiger charge is -2.42. The van der Waals surface area contributed by atoms with E-state index in [2.05, 4.69) is 133 Å². The first-order chi connectivity index (χ1) is 40.6. The fraction of sp³-hybridized carbons (Fsp3) is 0.520. The summed E-state index contributed by atoms with van der Waals surface area (Å²) < 4.78 is 148. The third-order valence-corrected chi connectivity index (χ3v) is 22.3. The summed E-state index contributed by atoms with van der Waals surface area (Å²) in [5.41, 5.74) is 6.62. The van der Waals surface area contributed by atoms with Crippen molar-refractivity contribution in [1.29, 1.82) is 0 Å². The maximum absolute atomic E-state index is 14.5. The van der Waals surface area contributed by atoms with Gasteiger partial charge in [0.2, 0.25) is 0 Å². The Labute approximate surface area is 524 Å². The monoisotopic (exact) mass is 1250 g/mol. The minimum absolute atomic E-state index is 0.107. The summed E-state index contributed by atoms with van der Waals surface area (Å²) in [5.74, 6) is 0.992. The van der Waals surface area contributed by atoms with Gasteiger partial charge in [-0.3, -0.25) is 4.55 Å². The molecule has 5 unspecified atom stereocenters. The maximum Gasteiger partial charge on any atom is 0.416 e. The van der Waals surface area contributed by atoms with Gasteiger partial charge in [0.25, 0.3) is 10.1 Å². The van der Waals surface area contributed by atoms with Gasteiger partial charge in [-0.05, 0) is 191 Å². The molecule has 480 valence electrons. The molecule has 4 aliphatic carbocycles. The lowest BCUT2D eigenvalue weighted by molar-refractivity contribution is -0.143. The Morgan fingerprint density at radius 3 is 1.11 bits per heavy atom. The molecule has 4 aliphatic rings. The van der Waals surface area contributed by atoms with Crippen LogP contribution < -0.4 is 18.9 Å². The molecule has 6 aromatic rings. The van der Waals surface area contributed by atoms with E-state index < -0.39 is 72.5 Å². The largest absolute Gasteiger partial charge is 0.496 e. The number of hydrogen-bond acceptors (Lipinski definition) is 6. The minimum atomic E-state index is -5.03. The molecule has 0 radical (unpaired) electrons. The molecule has 7 nitrogen and oxygen atoms in total. The molecule has 10 rings (SSSR count). The van der Waals surface area contributed by atoms with Crippen molar-refractivity contribution in [2.75, 3.05) is 28.4 Å². The molecule has 0 heterocycles. The van der Waals surface area contributed by atoms with E-state index in [4.69, 9.17) is 18.9 Å². The van der Waals surface area contributed by atoms with Crippen molar-refractivity contribution in [2.45, 2.75) is 216 Å². The summed E-state index contributed by atoms with van der Waals surface area (Å²) in [7, 11) is 2.11. The number of ether oxygens (including phenoxy) is 4. The molecule has 0 aromatic heterocycles. The zero-order chi connectivity index (χ0) is 66.1. The molecule has 2 spiro atoms. The first kappa shape index (κ1) is 65.9. The van der Waals surface area contributed by atoms with Crippen molar-refractivity contribution >= 4 is 10.1 Å². The van der Waals surface area contributed by atoms with Crippen LogP contribution in [0.5, 0.6) is 23.0 Å². The Balaban J connectivity index is 1.13. The topological polar surface area (TPSA) is 91.3 Å². The Kier molecular flexibility index (Phi) is 15.4. The van der Waals surface area contributed by atoms with E-state index in [0.29, 0.717) is 35.7 Å². The summed E-state index contributed by atoms with van der Waals surface area (Å²) in [5, 5.41) is 0. The number of benzene rings is 6. The summed E-state index contributed by atoms with van der Waals surface area (Å²) in [4.78, 5) is -0.214. The first-order valence-electron chi connectivity index (χ1n) is 30.9. The molecular weight excluding hydrogens is 1160 g/mol. The average molecular weight is 1250 g/mol. The Hall–Kier alpha value is -5.99. The Morgan fingerprint density at radius 2 is 0.775 bits per heavy atom. The summed E-state index contributed by atoms with van der Waals surface area (Å²) in [6, 6.07) is 26.1. The van der Waals surface area contributed by atoms with Gasteiger partial charge >= 0.3 is 12.4 Å². The van der Waals surface area contributed by atoms with E-state index in [1.807, 2.05) is 32.9 Å². The van der Waals surface area contributed by atoms with Gasteiger partial charge in [0.05, 0.1) is 44.5 Å². The molecule has 0 fully saturated rings. The predicted molar refractivity (Wildman–Crippen MR) is 341 cm³/mol. The van der Waals surface area contributed by atoms with Crippen LogP contribution >= 0.6 is 0 Å². The second kappa shape index (κ2) is 20.8. The van der Waals surface area contributed by atoms with E-state index >= 15 is 0 Å². The number of halogens is 6. The summed E-state index contributed by atoms with van der Waals surface area (Å²) >= 11 is 0.